The first-order chi connectivity index (χ1) is 10.1. The number of rotatable bonds is 3. The quantitative estimate of drug-likeness (QED) is 0.823. The summed E-state index contributed by atoms with van der Waals surface area (Å²) in [4.78, 5) is 11.9. The van der Waals surface area contributed by atoms with Crippen molar-refractivity contribution in [2.75, 3.05) is 0 Å². The van der Waals surface area contributed by atoms with Crippen LogP contribution in [0, 0.1) is 12.8 Å². The fraction of sp³-hybridized carbons (Fsp3) is 0.611. The van der Waals surface area contributed by atoms with Crippen molar-refractivity contribution in [3.8, 4) is 5.75 Å². The van der Waals surface area contributed by atoms with Crippen LogP contribution in [0.25, 0.3) is 6.08 Å². The van der Waals surface area contributed by atoms with Crippen LogP contribution in [0.15, 0.2) is 21.4 Å². The van der Waals surface area contributed by atoms with Gasteiger partial charge in [0.05, 0.1) is 0 Å². The zero-order valence-electron chi connectivity index (χ0n) is 13.0. The minimum atomic E-state index is -0.294. The zero-order chi connectivity index (χ0) is 14.9. The van der Waals surface area contributed by atoms with Crippen LogP contribution in [0.2, 0.25) is 0 Å². The molecule has 0 aromatic carbocycles. The van der Waals surface area contributed by atoms with Crippen molar-refractivity contribution >= 4 is 6.08 Å². The van der Waals surface area contributed by atoms with Crippen LogP contribution >= 0.6 is 0 Å². The number of fused-ring (bicyclic) bond motifs is 1. The van der Waals surface area contributed by atoms with Gasteiger partial charge in [0, 0.05) is 12.0 Å². The van der Waals surface area contributed by atoms with E-state index in [4.69, 9.17) is 9.15 Å². The fourth-order valence-electron chi connectivity index (χ4n) is 3.72. The molecule has 0 unspecified atom stereocenters. The number of unbranched alkanes of at least 4 members (excludes halogenated alkanes) is 1. The van der Waals surface area contributed by atoms with E-state index in [-0.39, 0.29) is 11.2 Å². The largest absolute Gasteiger partial charge is 0.482 e. The van der Waals surface area contributed by atoms with E-state index in [1.165, 1.54) is 38.5 Å². The highest BCUT2D eigenvalue weighted by Crippen LogP contribution is 2.44. The number of aryl methyl sites for hydroxylation is 1. The van der Waals surface area contributed by atoms with E-state index in [0.717, 1.165) is 6.42 Å². The van der Waals surface area contributed by atoms with Crippen molar-refractivity contribution < 1.29 is 9.15 Å². The molecule has 0 N–H and O–H groups in total. The Hall–Kier alpha value is -1.51. The van der Waals surface area contributed by atoms with Crippen LogP contribution in [-0.4, -0.2) is 5.60 Å². The van der Waals surface area contributed by atoms with E-state index in [0.29, 0.717) is 23.0 Å². The lowest BCUT2D eigenvalue weighted by Crippen LogP contribution is -2.46. The smallest absolute Gasteiger partial charge is 0.346 e. The molecule has 1 fully saturated rings. The summed E-state index contributed by atoms with van der Waals surface area (Å²) < 4.78 is 11.5. The van der Waals surface area contributed by atoms with Crippen molar-refractivity contribution in [3.05, 3.63) is 33.9 Å². The number of ether oxygens (including phenoxy) is 1. The number of hydrogen-bond acceptors (Lipinski definition) is 3. The molecule has 1 spiro atoms. The third-order valence-corrected chi connectivity index (χ3v) is 4.87. The van der Waals surface area contributed by atoms with Crippen LogP contribution in [0.1, 0.15) is 63.2 Å². The summed E-state index contributed by atoms with van der Waals surface area (Å²) in [5.74, 6) is 1.88. The lowest BCUT2D eigenvalue weighted by atomic mass is 9.72. The Kier molecular flexibility index (Phi) is 3.92. The molecule has 0 saturated heterocycles. The van der Waals surface area contributed by atoms with Crippen LogP contribution in [-0.2, 0) is 0 Å². The summed E-state index contributed by atoms with van der Waals surface area (Å²) >= 11 is 0. The Balaban J connectivity index is 1.94. The van der Waals surface area contributed by atoms with E-state index >= 15 is 0 Å². The van der Waals surface area contributed by atoms with Gasteiger partial charge >= 0.3 is 5.63 Å². The second-order valence-electron chi connectivity index (χ2n) is 6.40. The molecule has 0 radical (unpaired) electrons. The predicted octanol–water partition coefficient (Wildman–Crippen LogP) is 4.47. The predicted molar refractivity (Wildman–Crippen MR) is 83.6 cm³/mol. The minimum absolute atomic E-state index is 0.208. The SMILES string of the molecule is CCCC[C@H]1CCCC[C@]12C=Cc1c(cc(C)oc1=O)O2. The normalized spacial score (nSPS) is 27.4. The Morgan fingerprint density at radius 1 is 1.38 bits per heavy atom. The maximum Gasteiger partial charge on any atom is 0.346 e. The summed E-state index contributed by atoms with van der Waals surface area (Å²) in [6.45, 7) is 4.03. The van der Waals surface area contributed by atoms with Gasteiger partial charge in [-0.2, -0.15) is 0 Å². The summed E-state index contributed by atoms with van der Waals surface area (Å²) in [5.41, 5.74) is 0.0590. The molecule has 1 aliphatic heterocycles. The van der Waals surface area contributed by atoms with Gasteiger partial charge in [0.1, 0.15) is 22.7 Å². The zero-order valence-corrected chi connectivity index (χ0v) is 13.0. The standard InChI is InChI=1S/C18H24O3/c1-3-4-7-14-8-5-6-10-18(14)11-9-15-16(21-18)12-13(2)20-17(15)19/h9,11-12,14H,3-8,10H2,1-2H3/t14-,18-/m0/s1. The molecule has 1 saturated carbocycles. The van der Waals surface area contributed by atoms with Crippen molar-refractivity contribution in [1.82, 2.24) is 0 Å². The maximum absolute atomic E-state index is 11.9. The Bertz CT molecular complexity index is 599. The molecule has 1 aromatic rings. The van der Waals surface area contributed by atoms with Crippen molar-refractivity contribution in [2.24, 2.45) is 5.92 Å². The van der Waals surface area contributed by atoms with Gasteiger partial charge < -0.3 is 9.15 Å². The van der Waals surface area contributed by atoms with Gasteiger partial charge in [0.25, 0.3) is 0 Å². The second kappa shape index (κ2) is 5.70. The first-order valence-electron chi connectivity index (χ1n) is 8.17. The molecule has 3 nitrogen and oxygen atoms in total. The first-order valence-corrected chi connectivity index (χ1v) is 8.17. The van der Waals surface area contributed by atoms with Gasteiger partial charge in [-0.3, -0.25) is 0 Å². The average molecular weight is 288 g/mol. The third-order valence-electron chi connectivity index (χ3n) is 4.87. The van der Waals surface area contributed by atoms with Gasteiger partial charge in [-0.1, -0.05) is 26.2 Å². The molecule has 21 heavy (non-hydrogen) atoms. The van der Waals surface area contributed by atoms with Crippen LogP contribution in [0.5, 0.6) is 5.75 Å². The summed E-state index contributed by atoms with van der Waals surface area (Å²) in [5, 5.41) is 0. The van der Waals surface area contributed by atoms with Gasteiger partial charge in [-0.05, 0) is 44.8 Å². The molecule has 2 heterocycles. The van der Waals surface area contributed by atoms with E-state index in [2.05, 4.69) is 13.0 Å². The third kappa shape index (κ3) is 2.66. The second-order valence-corrected chi connectivity index (χ2v) is 6.40. The van der Waals surface area contributed by atoms with Crippen LogP contribution in [0.4, 0.5) is 0 Å². The molecule has 114 valence electrons. The van der Waals surface area contributed by atoms with E-state index in [9.17, 15) is 4.79 Å². The summed E-state index contributed by atoms with van der Waals surface area (Å²) in [6.07, 6.45) is 12.5. The lowest BCUT2D eigenvalue weighted by Gasteiger charge is -2.44. The van der Waals surface area contributed by atoms with E-state index in [1.807, 2.05) is 12.1 Å². The molecule has 1 aromatic heterocycles. The highest BCUT2D eigenvalue weighted by molar-refractivity contribution is 5.60. The molecular weight excluding hydrogens is 264 g/mol. The molecule has 2 aliphatic rings. The average Bonchev–Trinajstić information content (AvgIpc) is 2.46. The van der Waals surface area contributed by atoms with E-state index in [1.54, 1.807) is 6.92 Å². The molecule has 3 rings (SSSR count). The van der Waals surface area contributed by atoms with Crippen molar-refractivity contribution in [3.63, 3.8) is 0 Å². The van der Waals surface area contributed by atoms with Gasteiger partial charge in [0.2, 0.25) is 0 Å². The Morgan fingerprint density at radius 3 is 3.05 bits per heavy atom. The van der Waals surface area contributed by atoms with Gasteiger partial charge in [0.15, 0.2) is 0 Å². The van der Waals surface area contributed by atoms with E-state index < -0.39 is 0 Å². The van der Waals surface area contributed by atoms with Gasteiger partial charge in [-0.15, -0.1) is 0 Å². The lowest BCUT2D eigenvalue weighted by molar-refractivity contribution is 0.0118. The highest BCUT2D eigenvalue weighted by Gasteiger charge is 2.42. The highest BCUT2D eigenvalue weighted by atomic mass is 16.5. The summed E-state index contributed by atoms with van der Waals surface area (Å²) in [6, 6.07) is 1.85. The molecule has 2 atom stereocenters. The first kappa shape index (κ1) is 14.4. The topological polar surface area (TPSA) is 39.4 Å². The fourth-order valence-corrected chi connectivity index (χ4v) is 3.72. The Labute approximate surface area is 126 Å². The molecule has 0 amide bonds. The molecule has 1 aliphatic carbocycles. The molecule has 3 heteroatoms. The monoisotopic (exact) mass is 288 g/mol. The summed E-state index contributed by atoms with van der Waals surface area (Å²) in [7, 11) is 0. The molecule has 0 bridgehead atoms. The molecular formula is C18H24O3. The van der Waals surface area contributed by atoms with Gasteiger partial charge in [-0.25, -0.2) is 4.79 Å². The number of hydrogen-bond donors (Lipinski definition) is 0. The van der Waals surface area contributed by atoms with Crippen molar-refractivity contribution in [1.29, 1.82) is 0 Å². The Morgan fingerprint density at radius 2 is 2.24 bits per heavy atom. The maximum atomic E-state index is 11.9. The van der Waals surface area contributed by atoms with Crippen LogP contribution in [0.3, 0.4) is 0 Å². The van der Waals surface area contributed by atoms with Crippen LogP contribution < -0.4 is 10.4 Å². The van der Waals surface area contributed by atoms with Crippen molar-refractivity contribution in [2.45, 2.75) is 64.4 Å². The minimum Gasteiger partial charge on any atom is -0.482 e.